The maximum Gasteiger partial charge on any atom is 0.416 e. The molecule has 0 unspecified atom stereocenters. The van der Waals surface area contributed by atoms with Gasteiger partial charge in [-0.25, -0.2) is 4.79 Å². The van der Waals surface area contributed by atoms with Crippen LogP contribution in [0.4, 0.5) is 19.1 Å². The Balaban J connectivity index is 1.62. The van der Waals surface area contributed by atoms with Crippen molar-refractivity contribution >= 4 is 11.9 Å². The van der Waals surface area contributed by atoms with Crippen molar-refractivity contribution in [2.45, 2.75) is 38.9 Å². The molecule has 0 atom stereocenters. The molecule has 3 aromatic rings. The van der Waals surface area contributed by atoms with Gasteiger partial charge < -0.3 is 10.0 Å². The highest BCUT2D eigenvalue weighted by molar-refractivity contribution is 5.89. The number of carboxylic acid groups (broad SMARTS) is 1. The molecule has 0 saturated heterocycles. The first-order valence-electron chi connectivity index (χ1n) is 10.6. The summed E-state index contributed by atoms with van der Waals surface area (Å²) in [6.45, 7) is 2.54. The van der Waals surface area contributed by atoms with Crippen LogP contribution in [0.25, 0.3) is 22.5 Å². The Labute approximate surface area is 189 Å². The van der Waals surface area contributed by atoms with Gasteiger partial charge in [0.2, 0.25) is 5.95 Å². The standard InChI is InChI=1S/C24H23F3N4O2/c1-3-31-21(28-29-23(31)30(2)20-6-4-5-19(20)22(32)33)17-9-7-15(8-10-17)16-11-13-18(14-12-16)24(25,26)27/h7-14H,3-6H2,1-2H3,(H,32,33). The van der Waals surface area contributed by atoms with Crippen LogP contribution in [0.3, 0.4) is 0 Å². The maximum atomic E-state index is 12.8. The van der Waals surface area contributed by atoms with E-state index in [-0.39, 0.29) is 0 Å². The summed E-state index contributed by atoms with van der Waals surface area (Å²) in [5, 5.41) is 18.1. The molecule has 1 heterocycles. The first kappa shape index (κ1) is 22.6. The van der Waals surface area contributed by atoms with E-state index in [1.807, 2.05) is 35.8 Å². The molecule has 4 rings (SSSR count). The normalized spacial score (nSPS) is 14.1. The van der Waals surface area contributed by atoms with Crippen molar-refractivity contribution < 1.29 is 23.1 Å². The molecule has 33 heavy (non-hydrogen) atoms. The predicted octanol–water partition coefficient (Wildman–Crippen LogP) is 5.61. The van der Waals surface area contributed by atoms with E-state index < -0.39 is 17.7 Å². The van der Waals surface area contributed by atoms with E-state index in [1.165, 1.54) is 12.1 Å². The number of carbonyl (C=O) groups is 1. The van der Waals surface area contributed by atoms with Crippen molar-refractivity contribution in [1.82, 2.24) is 14.8 Å². The van der Waals surface area contributed by atoms with Gasteiger partial charge in [0.1, 0.15) is 0 Å². The molecular weight excluding hydrogens is 433 g/mol. The second-order valence-electron chi connectivity index (χ2n) is 7.86. The number of hydrogen-bond donors (Lipinski definition) is 1. The number of rotatable bonds is 6. The average Bonchev–Trinajstić information content (AvgIpc) is 3.46. The predicted molar refractivity (Wildman–Crippen MR) is 118 cm³/mol. The Kier molecular flexibility index (Phi) is 5.97. The molecule has 0 radical (unpaired) electrons. The van der Waals surface area contributed by atoms with Crippen molar-refractivity contribution in [2.24, 2.45) is 0 Å². The Morgan fingerprint density at radius 3 is 2.12 bits per heavy atom. The zero-order valence-electron chi connectivity index (χ0n) is 18.2. The summed E-state index contributed by atoms with van der Waals surface area (Å²) in [5.74, 6) is 0.291. The quantitative estimate of drug-likeness (QED) is 0.522. The second-order valence-corrected chi connectivity index (χ2v) is 7.86. The molecule has 1 aliphatic rings. The molecule has 172 valence electrons. The van der Waals surface area contributed by atoms with Crippen LogP contribution in [-0.2, 0) is 17.5 Å². The minimum atomic E-state index is -4.36. The van der Waals surface area contributed by atoms with Gasteiger partial charge in [0.25, 0.3) is 0 Å². The van der Waals surface area contributed by atoms with Gasteiger partial charge in [-0.05, 0) is 49.4 Å². The number of benzene rings is 2. The summed E-state index contributed by atoms with van der Waals surface area (Å²) in [7, 11) is 1.80. The molecule has 0 aliphatic heterocycles. The highest BCUT2D eigenvalue weighted by Crippen LogP contribution is 2.34. The Hall–Kier alpha value is -3.62. The fraction of sp³-hybridized carbons (Fsp3) is 0.292. The van der Waals surface area contributed by atoms with E-state index in [1.54, 1.807) is 11.9 Å². The SMILES string of the molecule is CCn1c(-c2ccc(-c3ccc(C(F)(F)F)cc3)cc2)nnc1N(C)C1=C(C(=O)O)CCC1. The third kappa shape index (κ3) is 4.35. The van der Waals surface area contributed by atoms with Crippen molar-refractivity contribution in [3.8, 4) is 22.5 Å². The minimum Gasteiger partial charge on any atom is -0.478 e. The lowest BCUT2D eigenvalue weighted by Crippen LogP contribution is -2.22. The van der Waals surface area contributed by atoms with Crippen molar-refractivity contribution in [3.05, 3.63) is 65.4 Å². The fourth-order valence-corrected chi connectivity index (χ4v) is 4.16. The Morgan fingerprint density at radius 2 is 1.58 bits per heavy atom. The molecule has 1 aliphatic carbocycles. The molecule has 1 aromatic heterocycles. The van der Waals surface area contributed by atoms with Crippen LogP contribution < -0.4 is 4.90 Å². The third-order valence-corrected chi connectivity index (χ3v) is 5.89. The number of anilines is 1. The molecule has 0 spiro atoms. The number of alkyl halides is 3. The van der Waals surface area contributed by atoms with Crippen LogP contribution in [0.5, 0.6) is 0 Å². The van der Waals surface area contributed by atoms with Gasteiger partial charge in [-0.2, -0.15) is 13.2 Å². The topological polar surface area (TPSA) is 71.2 Å². The lowest BCUT2D eigenvalue weighted by molar-refractivity contribution is -0.137. The lowest BCUT2D eigenvalue weighted by Gasteiger charge is -2.21. The lowest BCUT2D eigenvalue weighted by atomic mass is 10.0. The molecule has 1 N–H and O–H groups in total. The molecule has 0 fully saturated rings. The molecular formula is C24H23F3N4O2. The number of allylic oxidation sites excluding steroid dienone is 1. The van der Waals surface area contributed by atoms with E-state index in [0.717, 1.165) is 35.4 Å². The Bertz CT molecular complexity index is 1200. The van der Waals surface area contributed by atoms with E-state index in [2.05, 4.69) is 10.2 Å². The number of aromatic nitrogens is 3. The number of aliphatic carboxylic acids is 1. The van der Waals surface area contributed by atoms with Crippen molar-refractivity contribution in [1.29, 1.82) is 0 Å². The van der Waals surface area contributed by atoms with Crippen LogP contribution in [0.2, 0.25) is 0 Å². The number of halogens is 3. The van der Waals surface area contributed by atoms with Gasteiger partial charge >= 0.3 is 12.1 Å². The highest BCUT2D eigenvalue weighted by atomic mass is 19.4. The number of nitrogens with zero attached hydrogens (tertiary/aromatic N) is 4. The molecule has 6 nitrogen and oxygen atoms in total. The van der Waals surface area contributed by atoms with E-state index >= 15 is 0 Å². The smallest absolute Gasteiger partial charge is 0.416 e. The van der Waals surface area contributed by atoms with Crippen LogP contribution in [0.1, 0.15) is 31.7 Å². The van der Waals surface area contributed by atoms with Gasteiger partial charge in [0.15, 0.2) is 5.82 Å². The van der Waals surface area contributed by atoms with Crippen LogP contribution in [0.15, 0.2) is 59.8 Å². The zero-order valence-corrected chi connectivity index (χ0v) is 18.2. The van der Waals surface area contributed by atoms with Gasteiger partial charge in [-0.1, -0.05) is 36.4 Å². The van der Waals surface area contributed by atoms with Crippen LogP contribution in [-0.4, -0.2) is 32.9 Å². The number of carboxylic acids is 1. The maximum absolute atomic E-state index is 12.8. The third-order valence-electron chi connectivity index (χ3n) is 5.89. The fourth-order valence-electron chi connectivity index (χ4n) is 4.16. The summed E-state index contributed by atoms with van der Waals surface area (Å²) >= 11 is 0. The van der Waals surface area contributed by atoms with Gasteiger partial charge in [-0.3, -0.25) is 4.57 Å². The molecule has 2 aromatic carbocycles. The largest absolute Gasteiger partial charge is 0.478 e. The summed E-state index contributed by atoms with van der Waals surface area (Å²) < 4.78 is 40.3. The highest BCUT2D eigenvalue weighted by Gasteiger charge is 2.30. The first-order valence-corrected chi connectivity index (χ1v) is 10.6. The van der Waals surface area contributed by atoms with Gasteiger partial charge in [-0.15, -0.1) is 10.2 Å². The van der Waals surface area contributed by atoms with Crippen LogP contribution in [0, 0.1) is 0 Å². The summed E-state index contributed by atoms with van der Waals surface area (Å²) in [4.78, 5) is 13.4. The van der Waals surface area contributed by atoms with Crippen molar-refractivity contribution in [2.75, 3.05) is 11.9 Å². The molecule has 0 saturated carbocycles. The summed E-state index contributed by atoms with van der Waals surface area (Å²) in [6, 6.07) is 12.4. The van der Waals surface area contributed by atoms with E-state index in [0.29, 0.717) is 42.3 Å². The van der Waals surface area contributed by atoms with E-state index in [4.69, 9.17) is 0 Å². The molecule has 0 amide bonds. The molecule has 0 bridgehead atoms. The van der Waals surface area contributed by atoms with Crippen molar-refractivity contribution in [3.63, 3.8) is 0 Å². The monoisotopic (exact) mass is 456 g/mol. The van der Waals surface area contributed by atoms with Crippen LogP contribution >= 0.6 is 0 Å². The Morgan fingerprint density at radius 1 is 1.00 bits per heavy atom. The van der Waals surface area contributed by atoms with E-state index in [9.17, 15) is 23.1 Å². The van der Waals surface area contributed by atoms with Gasteiger partial charge in [0, 0.05) is 24.9 Å². The average molecular weight is 456 g/mol. The summed E-state index contributed by atoms with van der Waals surface area (Å²) in [6.07, 6.45) is -2.36. The first-order chi connectivity index (χ1) is 15.7. The van der Waals surface area contributed by atoms with Gasteiger partial charge in [0.05, 0.1) is 11.1 Å². The number of hydrogen-bond acceptors (Lipinski definition) is 4. The molecule has 9 heteroatoms. The summed E-state index contributed by atoms with van der Waals surface area (Å²) in [5.41, 5.74) is 2.74. The minimum absolute atomic E-state index is 0.408. The zero-order chi connectivity index (χ0) is 23.8. The second kappa shape index (κ2) is 8.73.